The Labute approximate surface area is 173 Å². The van der Waals surface area contributed by atoms with Gasteiger partial charge in [-0.25, -0.2) is 0 Å². The first-order chi connectivity index (χ1) is 14.2. The molecule has 9 nitrogen and oxygen atoms in total. The zero-order chi connectivity index (χ0) is 20.7. The summed E-state index contributed by atoms with van der Waals surface area (Å²) in [5, 5.41) is 16.2. The molecule has 4 atom stereocenters. The molecule has 0 aromatic carbocycles. The Kier molecular flexibility index (Phi) is 13.3. The lowest BCUT2D eigenvalue weighted by atomic mass is 10.3. The molecule has 9 heteroatoms. The molecular formula is C20H38O9. The average Bonchev–Trinajstić information content (AvgIpc) is 3.55. The fourth-order valence-electron chi connectivity index (χ4n) is 2.08. The van der Waals surface area contributed by atoms with Gasteiger partial charge in [-0.1, -0.05) is 13.3 Å². The van der Waals surface area contributed by atoms with E-state index in [-0.39, 0.29) is 0 Å². The van der Waals surface area contributed by atoms with Gasteiger partial charge in [0.1, 0.15) is 24.4 Å². The van der Waals surface area contributed by atoms with Gasteiger partial charge in [0.15, 0.2) is 6.29 Å². The first kappa shape index (κ1) is 24.9. The van der Waals surface area contributed by atoms with Crippen LogP contribution in [0.2, 0.25) is 0 Å². The molecule has 4 aliphatic heterocycles. The zero-order valence-electron chi connectivity index (χ0n) is 17.5. The molecule has 4 unspecified atom stereocenters. The molecule has 4 heterocycles. The summed E-state index contributed by atoms with van der Waals surface area (Å²) in [6.07, 6.45) is 3.91. The SMILES string of the molecule is C(CCOCC1CO1)COCC1CO1.C(OCC1CO1)C1CO1.CCCC(O)O. The first-order valence-corrected chi connectivity index (χ1v) is 10.7. The minimum absolute atomic E-state index is 0.387. The van der Waals surface area contributed by atoms with Crippen molar-refractivity contribution in [2.24, 2.45) is 0 Å². The Bertz CT molecular complexity index is 350. The highest BCUT2D eigenvalue weighted by molar-refractivity contribution is 4.71. The number of epoxide rings is 4. The fourth-order valence-corrected chi connectivity index (χ4v) is 2.08. The Balaban J connectivity index is 0.000000172. The van der Waals surface area contributed by atoms with Crippen molar-refractivity contribution in [3.8, 4) is 0 Å². The third-order valence-corrected chi connectivity index (χ3v) is 4.20. The molecule has 0 aromatic heterocycles. The van der Waals surface area contributed by atoms with Crippen LogP contribution in [0.25, 0.3) is 0 Å². The van der Waals surface area contributed by atoms with Crippen molar-refractivity contribution < 1.29 is 43.4 Å². The highest BCUT2D eigenvalue weighted by atomic mass is 16.6. The van der Waals surface area contributed by atoms with Crippen LogP contribution in [0, 0.1) is 0 Å². The average molecular weight is 423 g/mol. The number of rotatable bonds is 15. The van der Waals surface area contributed by atoms with E-state index in [0.29, 0.717) is 30.8 Å². The second-order valence-corrected chi connectivity index (χ2v) is 7.49. The smallest absolute Gasteiger partial charge is 0.151 e. The molecule has 172 valence electrons. The van der Waals surface area contributed by atoms with Gasteiger partial charge in [0.25, 0.3) is 0 Å². The number of ether oxygens (including phenoxy) is 7. The Hall–Kier alpha value is -0.360. The summed E-state index contributed by atoms with van der Waals surface area (Å²) in [6, 6.07) is 0. The quantitative estimate of drug-likeness (QED) is 0.221. The van der Waals surface area contributed by atoms with E-state index < -0.39 is 6.29 Å². The summed E-state index contributed by atoms with van der Waals surface area (Å²) in [6.45, 7) is 10.1. The van der Waals surface area contributed by atoms with Crippen LogP contribution < -0.4 is 0 Å². The standard InChI is InChI=1S/C10H18O4.C6H10O3.C4H10O2/c1(3-11-5-9-7-13-9)2-4-12-6-10-8-14-10;1(5-3-8-5)7-2-6-4-9-6;1-2-3-4(5)6/h9-10H,1-8H2;5-6H,1-4H2;4-6H,2-3H2,1H3. The van der Waals surface area contributed by atoms with Gasteiger partial charge in [-0.2, -0.15) is 0 Å². The molecule has 29 heavy (non-hydrogen) atoms. The van der Waals surface area contributed by atoms with Crippen LogP contribution in [0.4, 0.5) is 0 Å². The van der Waals surface area contributed by atoms with Gasteiger partial charge in [0.05, 0.1) is 52.9 Å². The molecule has 4 rings (SSSR count). The maximum Gasteiger partial charge on any atom is 0.151 e. The number of aliphatic hydroxyl groups excluding tert-OH is 1. The second kappa shape index (κ2) is 15.4. The van der Waals surface area contributed by atoms with Gasteiger partial charge in [0, 0.05) is 13.2 Å². The topological polar surface area (TPSA) is 118 Å². The van der Waals surface area contributed by atoms with Crippen molar-refractivity contribution >= 4 is 0 Å². The molecule has 0 amide bonds. The van der Waals surface area contributed by atoms with Crippen LogP contribution in [0.5, 0.6) is 0 Å². The Morgan fingerprint density at radius 2 is 1.03 bits per heavy atom. The summed E-state index contributed by atoms with van der Waals surface area (Å²) >= 11 is 0. The predicted molar refractivity (Wildman–Crippen MR) is 104 cm³/mol. The summed E-state index contributed by atoms with van der Waals surface area (Å²) < 4.78 is 36.0. The first-order valence-electron chi connectivity index (χ1n) is 10.7. The van der Waals surface area contributed by atoms with E-state index in [9.17, 15) is 0 Å². The molecule has 0 saturated carbocycles. The highest BCUT2D eigenvalue weighted by Gasteiger charge is 2.26. The van der Waals surface area contributed by atoms with Crippen molar-refractivity contribution in [3.05, 3.63) is 0 Å². The van der Waals surface area contributed by atoms with Crippen molar-refractivity contribution in [2.45, 2.75) is 63.3 Å². The molecular weight excluding hydrogens is 384 g/mol. The fraction of sp³-hybridized carbons (Fsp3) is 1.00. The van der Waals surface area contributed by atoms with Gasteiger partial charge in [0.2, 0.25) is 0 Å². The molecule has 0 aromatic rings. The van der Waals surface area contributed by atoms with Crippen LogP contribution in [0.15, 0.2) is 0 Å². The lowest BCUT2D eigenvalue weighted by molar-refractivity contribution is -0.0453. The molecule has 4 saturated heterocycles. The maximum atomic E-state index is 8.11. The molecule has 0 radical (unpaired) electrons. The monoisotopic (exact) mass is 422 g/mol. The lowest BCUT2D eigenvalue weighted by Gasteiger charge is -2.03. The van der Waals surface area contributed by atoms with Crippen molar-refractivity contribution in [1.82, 2.24) is 0 Å². The van der Waals surface area contributed by atoms with Gasteiger partial charge >= 0.3 is 0 Å². The molecule has 0 bridgehead atoms. The molecule has 2 N–H and O–H groups in total. The van der Waals surface area contributed by atoms with Crippen LogP contribution in [0.3, 0.4) is 0 Å². The third-order valence-electron chi connectivity index (χ3n) is 4.20. The number of aliphatic hydroxyl groups is 2. The zero-order valence-corrected chi connectivity index (χ0v) is 17.5. The largest absolute Gasteiger partial charge is 0.379 e. The Morgan fingerprint density at radius 1 is 0.690 bits per heavy atom. The van der Waals surface area contributed by atoms with E-state index in [1.54, 1.807) is 0 Å². The van der Waals surface area contributed by atoms with Crippen LogP contribution in [-0.4, -0.2) is 107 Å². The third kappa shape index (κ3) is 18.2. The summed E-state index contributed by atoms with van der Waals surface area (Å²) in [7, 11) is 0. The number of hydrogen-bond acceptors (Lipinski definition) is 9. The molecule has 4 aliphatic rings. The normalized spacial score (nSPS) is 28.1. The van der Waals surface area contributed by atoms with Crippen LogP contribution in [-0.2, 0) is 33.2 Å². The molecule has 0 aliphatic carbocycles. The van der Waals surface area contributed by atoms with E-state index in [4.69, 9.17) is 43.4 Å². The van der Waals surface area contributed by atoms with E-state index in [2.05, 4.69) is 0 Å². The van der Waals surface area contributed by atoms with E-state index in [1.807, 2.05) is 6.92 Å². The van der Waals surface area contributed by atoms with Crippen LogP contribution >= 0.6 is 0 Å². The number of unbranched alkanes of at least 4 members (excludes halogenated alkanes) is 1. The predicted octanol–water partition coefficient (Wildman–Crippen LogP) is 0.495. The summed E-state index contributed by atoms with van der Waals surface area (Å²) in [4.78, 5) is 0. The van der Waals surface area contributed by atoms with E-state index in [0.717, 1.165) is 85.3 Å². The maximum absolute atomic E-state index is 8.11. The van der Waals surface area contributed by atoms with Crippen molar-refractivity contribution in [1.29, 1.82) is 0 Å². The second-order valence-electron chi connectivity index (χ2n) is 7.49. The summed E-state index contributed by atoms with van der Waals surface area (Å²) in [5.41, 5.74) is 0. The van der Waals surface area contributed by atoms with Crippen molar-refractivity contribution in [3.63, 3.8) is 0 Å². The number of hydrogen-bond donors (Lipinski definition) is 2. The Morgan fingerprint density at radius 3 is 1.28 bits per heavy atom. The lowest BCUT2D eigenvalue weighted by Crippen LogP contribution is -2.06. The molecule has 4 fully saturated rings. The van der Waals surface area contributed by atoms with E-state index >= 15 is 0 Å². The van der Waals surface area contributed by atoms with Crippen LogP contribution in [0.1, 0.15) is 32.6 Å². The van der Waals surface area contributed by atoms with Crippen molar-refractivity contribution in [2.75, 3.05) is 66.1 Å². The van der Waals surface area contributed by atoms with E-state index in [1.165, 1.54) is 0 Å². The van der Waals surface area contributed by atoms with Gasteiger partial charge in [-0.05, 0) is 19.3 Å². The molecule has 0 spiro atoms. The van der Waals surface area contributed by atoms with Gasteiger partial charge < -0.3 is 43.4 Å². The van der Waals surface area contributed by atoms with Gasteiger partial charge in [-0.3, -0.25) is 0 Å². The minimum Gasteiger partial charge on any atom is -0.379 e. The highest BCUT2D eigenvalue weighted by Crippen LogP contribution is 2.12. The minimum atomic E-state index is -1.10. The summed E-state index contributed by atoms with van der Waals surface area (Å²) in [5.74, 6) is 0. The van der Waals surface area contributed by atoms with Gasteiger partial charge in [-0.15, -0.1) is 0 Å².